The lowest BCUT2D eigenvalue weighted by atomic mass is 10.1. The molecule has 0 radical (unpaired) electrons. The molecule has 1 fully saturated rings. The molecule has 0 spiro atoms. The molecule has 1 atom stereocenters. The fourth-order valence-electron chi connectivity index (χ4n) is 2.43. The lowest BCUT2D eigenvalue weighted by Crippen LogP contribution is -2.27. The quantitative estimate of drug-likeness (QED) is 0.605. The van der Waals surface area contributed by atoms with Crippen LogP contribution in [-0.4, -0.2) is 45.6 Å². The Morgan fingerprint density at radius 2 is 2.39 bits per heavy atom. The van der Waals surface area contributed by atoms with Gasteiger partial charge in [-0.05, 0) is 30.4 Å². The average Bonchev–Trinajstić information content (AvgIpc) is 2.93. The Hall–Kier alpha value is -1.47. The molecule has 0 aromatic carbocycles. The van der Waals surface area contributed by atoms with Crippen LogP contribution >= 0.6 is 0 Å². The number of nitro groups is 1. The van der Waals surface area contributed by atoms with Gasteiger partial charge in [0.15, 0.2) is 5.82 Å². The number of imidazole rings is 1. The predicted octanol–water partition coefficient (Wildman–Crippen LogP) is 0.380. The van der Waals surface area contributed by atoms with Crippen molar-refractivity contribution in [3.8, 4) is 0 Å². The highest BCUT2D eigenvalue weighted by Crippen LogP contribution is 2.17. The topological polar surface area (TPSA) is 90.2 Å². The first-order valence-corrected chi connectivity index (χ1v) is 6.20. The Kier molecular flexibility index (Phi) is 3.93. The fraction of sp³-hybridized carbons (Fsp3) is 0.727. The molecule has 7 nitrogen and oxygen atoms in total. The highest BCUT2D eigenvalue weighted by Gasteiger charge is 2.23. The summed E-state index contributed by atoms with van der Waals surface area (Å²) < 4.78 is 1.66. The van der Waals surface area contributed by atoms with Gasteiger partial charge >= 0.3 is 5.82 Å². The summed E-state index contributed by atoms with van der Waals surface area (Å²) in [6.07, 6.45) is 2.45. The summed E-state index contributed by atoms with van der Waals surface area (Å²) in [4.78, 5) is 16.8. The minimum atomic E-state index is -0.382. The highest BCUT2D eigenvalue weighted by molar-refractivity contribution is 5.18. The molecule has 2 rings (SSSR count). The van der Waals surface area contributed by atoms with Gasteiger partial charge < -0.3 is 15.8 Å². The van der Waals surface area contributed by atoms with E-state index in [4.69, 9.17) is 5.73 Å². The van der Waals surface area contributed by atoms with E-state index in [1.807, 2.05) is 0 Å². The largest absolute Gasteiger partial charge is 0.358 e. The van der Waals surface area contributed by atoms with Crippen molar-refractivity contribution >= 4 is 5.82 Å². The molecule has 7 heteroatoms. The standard InChI is InChI=1S/C11H19N5O2/c1-9-13-7-11(16(17)18)15(9)5-4-14-3-2-10(6-12)8-14/h7,10H,2-6,8,12H2,1H3. The maximum Gasteiger partial charge on any atom is 0.342 e. The summed E-state index contributed by atoms with van der Waals surface area (Å²) in [6, 6.07) is 0. The number of hydrogen-bond acceptors (Lipinski definition) is 5. The Bertz CT molecular complexity index is 431. The van der Waals surface area contributed by atoms with Crippen LogP contribution in [0.15, 0.2) is 6.20 Å². The van der Waals surface area contributed by atoms with E-state index in [1.54, 1.807) is 11.5 Å². The summed E-state index contributed by atoms with van der Waals surface area (Å²) in [5.74, 6) is 1.34. The lowest BCUT2D eigenvalue weighted by Gasteiger charge is -2.14. The van der Waals surface area contributed by atoms with Gasteiger partial charge in [0, 0.05) is 20.0 Å². The molecule has 1 aromatic heterocycles. The van der Waals surface area contributed by atoms with Gasteiger partial charge in [-0.1, -0.05) is 0 Å². The smallest absolute Gasteiger partial charge is 0.342 e. The van der Waals surface area contributed by atoms with Gasteiger partial charge in [-0.25, -0.2) is 9.55 Å². The van der Waals surface area contributed by atoms with Crippen LogP contribution in [0.4, 0.5) is 5.82 Å². The van der Waals surface area contributed by atoms with E-state index < -0.39 is 0 Å². The maximum absolute atomic E-state index is 10.8. The molecule has 2 N–H and O–H groups in total. The van der Waals surface area contributed by atoms with Gasteiger partial charge in [-0.2, -0.15) is 0 Å². The van der Waals surface area contributed by atoms with Crippen molar-refractivity contribution in [1.29, 1.82) is 0 Å². The van der Waals surface area contributed by atoms with Gasteiger partial charge in [-0.3, -0.25) is 4.90 Å². The average molecular weight is 253 g/mol. The summed E-state index contributed by atoms with van der Waals surface area (Å²) in [7, 11) is 0. The highest BCUT2D eigenvalue weighted by atomic mass is 16.6. The summed E-state index contributed by atoms with van der Waals surface area (Å²) in [5.41, 5.74) is 5.64. The van der Waals surface area contributed by atoms with Crippen LogP contribution < -0.4 is 5.73 Å². The van der Waals surface area contributed by atoms with E-state index in [0.717, 1.165) is 32.6 Å². The zero-order valence-electron chi connectivity index (χ0n) is 10.6. The lowest BCUT2D eigenvalue weighted by molar-refractivity contribution is -0.392. The Morgan fingerprint density at radius 3 is 3.00 bits per heavy atom. The van der Waals surface area contributed by atoms with Gasteiger partial charge in [0.25, 0.3) is 0 Å². The number of rotatable bonds is 5. The van der Waals surface area contributed by atoms with Gasteiger partial charge in [-0.15, -0.1) is 0 Å². The summed E-state index contributed by atoms with van der Waals surface area (Å²) >= 11 is 0. The molecule has 1 unspecified atom stereocenters. The third-order valence-electron chi connectivity index (χ3n) is 3.56. The first-order chi connectivity index (χ1) is 8.61. The number of nitrogens with zero attached hydrogens (tertiary/aromatic N) is 4. The minimum Gasteiger partial charge on any atom is -0.358 e. The zero-order chi connectivity index (χ0) is 13.1. The molecule has 0 amide bonds. The molecule has 0 aliphatic carbocycles. The first kappa shape index (κ1) is 13.0. The van der Waals surface area contributed by atoms with Crippen molar-refractivity contribution < 1.29 is 4.92 Å². The third-order valence-corrected chi connectivity index (χ3v) is 3.56. The second kappa shape index (κ2) is 5.45. The van der Waals surface area contributed by atoms with E-state index in [0.29, 0.717) is 18.3 Å². The van der Waals surface area contributed by atoms with Crippen molar-refractivity contribution in [2.75, 3.05) is 26.2 Å². The second-order valence-electron chi connectivity index (χ2n) is 4.76. The third kappa shape index (κ3) is 2.68. The normalized spacial score (nSPS) is 20.4. The van der Waals surface area contributed by atoms with E-state index in [2.05, 4.69) is 9.88 Å². The molecule has 1 aromatic rings. The van der Waals surface area contributed by atoms with E-state index in [9.17, 15) is 10.1 Å². The van der Waals surface area contributed by atoms with Gasteiger partial charge in [0.05, 0.1) is 0 Å². The van der Waals surface area contributed by atoms with Crippen LogP contribution in [-0.2, 0) is 6.54 Å². The Morgan fingerprint density at radius 1 is 1.61 bits per heavy atom. The summed E-state index contributed by atoms with van der Waals surface area (Å²) in [5, 5.41) is 10.8. The van der Waals surface area contributed by atoms with Gasteiger partial charge in [0.2, 0.25) is 0 Å². The number of nitrogens with two attached hydrogens (primary N) is 1. The molecule has 1 aliphatic heterocycles. The Balaban J connectivity index is 1.94. The number of aryl methyl sites for hydroxylation is 1. The molecule has 18 heavy (non-hydrogen) atoms. The molecular formula is C11H19N5O2. The van der Waals surface area contributed by atoms with Crippen LogP contribution in [0.5, 0.6) is 0 Å². The van der Waals surface area contributed by atoms with Crippen molar-refractivity contribution in [2.45, 2.75) is 19.9 Å². The van der Waals surface area contributed by atoms with Gasteiger partial charge in [0.1, 0.15) is 12.7 Å². The van der Waals surface area contributed by atoms with Crippen molar-refractivity contribution in [3.05, 3.63) is 22.1 Å². The molecular weight excluding hydrogens is 234 g/mol. The van der Waals surface area contributed by atoms with E-state index >= 15 is 0 Å². The number of hydrogen-bond donors (Lipinski definition) is 1. The number of aromatic nitrogens is 2. The minimum absolute atomic E-state index is 0.0714. The molecule has 1 saturated heterocycles. The zero-order valence-corrected chi connectivity index (χ0v) is 10.6. The maximum atomic E-state index is 10.8. The SMILES string of the molecule is Cc1ncc([N+](=O)[O-])n1CCN1CCC(CN)C1. The molecule has 1 aliphatic rings. The van der Waals surface area contributed by atoms with E-state index in [1.165, 1.54) is 6.20 Å². The van der Waals surface area contributed by atoms with Crippen molar-refractivity contribution in [2.24, 2.45) is 11.7 Å². The van der Waals surface area contributed by atoms with E-state index in [-0.39, 0.29) is 10.7 Å². The van der Waals surface area contributed by atoms with Crippen LogP contribution in [0.1, 0.15) is 12.2 Å². The van der Waals surface area contributed by atoms with Crippen LogP contribution in [0.3, 0.4) is 0 Å². The molecule has 100 valence electrons. The summed E-state index contributed by atoms with van der Waals surface area (Å²) in [6.45, 7) is 5.97. The number of likely N-dealkylation sites (tertiary alicyclic amines) is 1. The van der Waals surface area contributed by atoms with Crippen molar-refractivity contribution in [3.63, 3.8) is 0 Å². The monoisotopic (exact) mass is 253 g/mol. The van der Waals surface area contributed by atoms with Crippen LogP contribution in [0, 0.1) is 23.0 Å². The molecule has 0 bridgehead atoms. The molecule has 2 heterocycles. The Labute approximate surface area is 106 Å². The first-order valence-electron chi connectivity index (χ1n) is 6.20. The van der Waals surface area contributed by atoms with Crippen LogP contribution in [0.2, 0.25) is 0 Å². The fourth-order valence-corrected chi connectivity index (χ4v) is 2.43. The second-order valence-corrected chi connectivity index (χ2v) is 4.76. The van der Waals surface area contributed by atoms with Crippen LogP contribution in [0.25, 0.3) is 0 Å². The van der Waals surface area contributed by atoms with Crippen molar-refractivity contribution in [1.82, 2.24) is 14.5 Å². The molecule has 0 saturated carbocycles. The predicted molar refractivity (Wildman–Crippen MR) is 67.2 cm³/mol.